The fourth-order valence-corrected chi connectivity index (χ4v) is 4.82. The minimum absolute atomic E-state index is 0.169. The quantitative estimate of drug-likeness (QED) is 0.695. The van der Waals surface area contributed by atoms with E-state index in [4.69, 9.17) is 4.74 Å². The lowest BCUT2D eigenvalue weighted by Gasteiger charge is -2.05. The van der Waals surface area contributed by atoms with Crippen LogP contribution in [-0.4, -0.2) is 26.8 Å². The maximum atomic E-state index is 12.4. The topological polar surface area (TPSA) is 68.3 Å². The number of thioether (sulfide) groups is 1. The Kier molecular flexibility index (Phi) is 4.47. The van der Waals surface area contributed by atoms with Crippen molar-refractivity contribution in [3.05, 3.63) is 42.5 Å². The first-order chi connectivity index (χ1) is 11.0. The molecule has 1 aromatic heterocycles. The lowest BCUT2D eigenvalue weighted by atomic mass is 10.3. The molecular weight excluding hydrogens is 352 g/mol. The third kappa shape index (κ3) is 3.29. The van der Waals surface area contributed by atoms with Crippen LogP contribution in [0.5, 0.6) is 5.75 Å². The van der Waals surface area contributed by atoms with Crippen molar-refractivity contribution < 1.29 is 13.2 Å². The molecule has 3 rings (SSSR count). The van der Waals surface area contributed by atoms with Gasteiger partial charge in [0, 0.05) is 4.90 Å². The second-order valence-corrected chi connectivity index (χ2v) is 8.17. The van der Waals surface area contributed by atoms with Gasteiger partial charge in [-0.25, -0.2) is 13.4 Å². The smallest absolute Gasteiger partial charge is 0.263 e. The van der Waals surface area contributed by atoms with Gasteiger partial charge in [-0.15, -0.1) is 11.8 Å². The lowest BCUT2D eigenvalue weighted by molar-refractivity contribution is 0.414. The minimum Gasteiger partial charge on any atom is -0.497 e. The van der Waals surface area contributed by atoms with E-state index in [1.54, 1.807) is 23.9 Å². The zero-order chi connectivity index (χ0) is 16.4. The third-order valence-corrected chi connectivity index (χ3v) is 6.38. The summed E-state index contributed by atoms with van der Waals surface area (Å²) in [6.45, 7) is 0. The van der Waals surface area contributed by atoms with Crippen LogP contribution in [0, 0.1) is 0 Å². The number of hydrogen-bond acceptors (Lipinski definition) is 6. The van der Waals surface area contributed by atoms with Crippen LogP contribution >= 0.6 is 23.1 Å². The molecule has 5 nitrogen and oxygen atoms in total. The number of anilines is 1. The second kappa shape index (κ2) is 6.38. The molecular formula is C15H14N2O3S3. The summed E-state index contributed by atoms with van der Waals surface area (Å²) in [6, 6.07) is 12.1. The molecule has 120 valence electrons. The number of para-hydroxylation sites is 1. The van der Waals surface area contributed by atoms with Gasteiger partial charge in [0.2, 0.25) is 0 Å². The molecule has 0 fully saturated rings. The number of sulfonamides is 1. The number of methoxy groups -OCH3 is 1. The van der Waals surface area contributed by atoms with E-state index in [2.05, 4.69) is 9.71 Å². The Hall–Kier alpha value is -1.77. The first-order valence-corrected chi connectivity index (χ1v) is 10.2. The highest BCUT2D eigenvalue weighted by atomic mass is 32.2. The molecule has 23 heavy (non-hydrogen) atoms. The lowest BCUT2D eigenvalue weighted by Crippen LogP contribution is -2.12. The summed E-state index contributed by atoms with van der Waals surface area (Å²) in [6.07, 6.45) is 1.97. The van der Waals surface area contributed by atoms with Gasteiger partial charge in [0.25, 0.3) is 10.0 Å². The maximum Gasteiger partial charge on any atom is 0.263 e. The minimum atomic E-state index is -3.67. The van der Waals surface area contributed by atoms with E-state index < -0.39 is 10.0 Å². The van der Waals surface area contributed by atoms with Crippen molar-refractivity contribution in [2.45, 2.75) is 9.79 Å². The van der Waals surface area contributed by atoms with Gasteiger partial charge in [-0.1, -0.05) is 17.4 Å². The first-order valence-electron chi connectivity index (χ1n) is 6.64. The second-order valence-electron chi connectivity index (χ2n) is 4.61. The maximum absolute atomic E-state index is 12.4. The summed E-state index contributed by atoms with van der Waals surface area (Å²) in [7, 11) is -2.14. The van der Waals surface area contributed by atoms with Crippen molar-refractivity contribution in [2.24, 2.45) is 0 Å². The normalized spacial score (nSPS) is 11.6. The highest BCUT2D eigenvalue weighted by molar-refractivity contribution is 7.98. The molecule has 0 saturated heterocycles. The SMILES string of the molecule is COc1ccc(S(=O)(=O)Nc2nc3c(SC)cccc3s2)cc1. The largest absolute Gasteiger partial charge is 0.497 e. The van der Waals surface area contributed by atoms with Crippen LogP contribution in [0.3, 0.4) is 0 Å². The summed E-state index contributed by atoms with van der Waals surface area (Å²) in [5.74, 6) is 0.605. The number of benzene rings is 2. The Balaban J connectivity index is 1.93. The Morgan fingerprint density at radius 2 is 1.91 bits per heavy atom. The fraction of sp³-hybridized carbons (Fsp3) is 0.133. The number of hydrogen-bond donors (Lipinski definition) is 1. The van der Waals surface area contributed by atoms with Crippen molar-refractivity contribution in [1.82, 2.24) is 4.98 Å². The first kappa shape index (κ1) is 16.1. The van der Waals surface area contributed by atoms with Gasteiger partial charge in [-0.05, 0) is 42.7 Å². The molecule has 0 aliphatic heterocycles. The number of thiazole rings is 1. The summed E-state index contributed by atoms with van der Waals surface area (Å²) in [5, 5.41) is 0.359. The van der Waals surface area contributed by atoms with Gasteiger partial charge in [0.15, 0.2) is 5.13 Å². The molecule has 0 bridgehead atoms. The third-order valence-electron chi connectivity index (χ3n) is 3.19. The fourth-order valence-electron chi connectivity index (χ4n) is 2.06. The Morgan fingerprint density at radius 3 is 2.57 bits per heavy atom. The van der Waals surface area contributed by atoms with E-state index in [0.29, 0.717) is 10.9 Å². The van der Waals surface area contributed by atoms with Crippen LogP contribution in [0.2, 0.25) is 0 Å². The number of rotatable bonds is 5. The zero-order valence-corrected chi connectivity index (χ0v) is 14.9. The van der Waals surface area contributed by atoms with E-state index in [-0.39, 0.29) is 4.90 Å². The highest BCUT2D eigenvalue weighted by Gasteiger charge is 2.17. The van der Waals surface area contributed by atoms with Gasteiger partial charge in [0.1, 0.15) is 5.75 Å². The molecule has 0 spiro atoms. The summed E-state index contributed by atoms with van der Waals surface area (Å²) >= 11 is 2.90. The molecule has 3 aromatic rings. The Morgan fingerprint density at radius 1 is 1.17 bits per heavy atom. The number of ether oxygens (including phenoxy) is 1. The van der Waals surface area contributed by atoms with E-state index in [1.807, 2.05) is 24.5 Å². The van der Waals surface area contributed by atoms with Crippen LogP contribution in [-0.2, 0) is 10.0 Å². The van der Waals surface area contributed by atoms with Crippen molar-refractivity contribution in [1.29, 1.82) is 0 Å². The molecule has 0 aliphatic carbocycles. The van der Waals surface area contributed by atoms with Crippen LogP contribution in [0.1, 0.15) is 0 Å². The van der Waals surface area contributed by atoms with Crippen LogP contribution < -0.4 is 9.46 Å². The standard InChI is InChI=1S/C15H14N2O3S3/c1-20-10-6-8-11(9-7-10)23(18,19)17-15-16-14-12(21-2)4-3-5-13(14)22-15/h3-9H,1-2H3,(H,16,17). The van der Waals surface area contributed by atoms with Crippen LogP contribution in [0.15, 0.2) is 52.3 Å². The van der Waals surface area contributed by atoms with Crippen LogP contribution in [0.25, 0.3) is 10.2 Å². The average Bonchev–Trinajstić information content (AvgIpc) is 2.96. The molecule has 0 atom stereocenters. The molecule has 0 aliphatic rings. The zero-order valence-electron chi connectivity index (χ0n) is 12.4. The van der Waals surface area contributed by atoms with Crippen molar-refractivity contribution >= 4 is 48.5 Å². The van der Waals surface area contributed by atoms with E-state index >= 15 is 0 Å². The molecule has 0 radical (unpaired) electrons. The molecule has 0 unspecified atom stereocenters. The molecule has 1 N–H and O–H groups in total. The molecule has 0 saturated carbocycles. The number of fused-ring (bicyclic) bond motifs is 1. The van der Waals surface area contributed by atoms with Gasteiger partial charge < -0.3 is 4.74 Å². The summed E-state index contributed by atoms with van der Waals surface area (Å²) in [5.41, 5.74) is 0.817. The van der Waals surface area contributed by atoms with E-state index in [9.17, 15) is 8.42 Å². The van der Waals surface area contributed by atoms with E-state index in [0.717, 1.165) is 15.1 Å². The summed E-state index contributed by atoms with van der Waals surface area (Å²) < 4.78 is 33.4. The predicted octanol–water partition coefficient (Wildman–Crippen LogP) is 3.83. The monoisotopic (exact) mass is 366 g/mol. The molecule has 8 heteroatoms. The number of aromatic nitrogens is 1. The predicted molar refractivity (Wildman–Crippen MR) is 95.2 cm³/mol. The summed E-state index contributed by atoms with van der Waals surface area (Å²) in [4.78, 5) is 5.60. The van der Waals surface area contributed by atoms with Gasteiger partial charge in [0.05, 0.1) is 22.2 Å². The van der Waals surface area contributed by atoms with Gasteiger partial charge >= 0.3 is 0 Å². The Bertz CT molecular complexity index is 934. The van der Waals surface area contributed by atoms with Gasteiger partial charge in [-0.2, -0.15) is 0 Å². The van der Waals surface area contributed by atoms with Crippen molar-refractivity contribution in [3.8, 4) is 5.75 Å². The molecule has 2 aromatic carbocycles. The number of nitrogens with zero attached hydrogens (tertiary/aromatic N) is 1. The number of nitrogens with one attached hydrogen (secondary N) is 1. The molecule has 0 amide bonds. The van der Waals surface area contributed by atoms with Crippen molar-refractivity contribution in [3.63, 3.8) is 0 Å². The van der Waals surface area contributed by atoms with Crippen molar-refractivity contribution in [2.75, 3.05) is 18.1 Å². The van der Waals surface area contributed by atoms with Gasteiger partial charge in [-0.3, -0.25) is 4.72 Å². The molecule has 1 heterocycles. The highest BCUT2D eigenvalue weighted by Crippen LogP contribution is 2.33. The Labute approximate surface area is 142 Å². The average molecular weight is 366 g/mol. The van der Waals surface area contributed by atoms with Crippen LogP contribution in [0.4, 0.5) is 5.13 Å². The van der Waals surface area contributed by atoms with E-state index in [1.165, 1.54) is 30.6 Å².